The lowest BCUT2D eigenvalue weighted by Crippen LogP contribution is -2.49. The van der Waals surface area contributed by atoms with E-state index in [-0.39, 0.29) is 6.04 Å². The molecule has 0 saturated carbocycles. The van der Waals surface area contributed by atoms with Gasteiger partial charge in [-0.3, -0.25) is 0 Å². The van der Waals surface area contributed by atoms with Crippen molar-refractivity contribution >= 4 is 23.7 Å². The minimum Gasteiger partial charge on any atom is -0.465 e. The molecule has 2 N–H and O–H groups in total. The van der Waals surface area contributed by atoms with Gasteiger partial charge in [0.1, 0.15) is 5.82 Å². The number of hydrogen-bond acceptors (Lipinski definition) is 6. The standard InChI is InChI=1S/C16H25N5O2S/c1-24-15-18-7-3-14(19-15)20-8-4-13(5-9-20)21(16(22)23)11-12-2-6-17-10-12/h3,7,12-13,17H,2,4-6,8-11H2,1H3,(H,22,23). The van der Waals surface area contributed by atoms with Crippen molar-refractivity contribution in [3.8, 4) is 0 Å². The molecule has 0 aromatic carbocycles. The molecule has 0 radical (unpaired) electrons. The first-order valence-corrected chi connectivity index (χ1v) is 9.72. The van der Waals surface area contributed by atoms with Gasteiger partial charge in [-0.1, -0.05) is 11.8 Å². The number of carbonyl (C=O) groups is 1. The van der Waals surface area contributed by atoms with Gasteiger partial charge in [0.2, 0.25) is 0 Å². The van der Waals surface area contributed by atoms with Crippen molar-refractivity contribution in [3.05, 3.63) is 12.3 Å². The summed E-state index contributed by atoms with van der Waals surface area (Å²) >= 11 is 1.53. The third kappa shape index (κ3) is 4.10. The summed E-state index contributed by atoms with van der Waals surface area (Å²) in [5.74, 6) is 1.39. The summed E-state index contributed by atoms with van der Waals surface area (Å²) in [6.07, 6.45) is 5.74. The molecule has 1 aromatic heterocycles. The van der Waals surface area contributed by atoms with Gasteiger partial charge in [0.25, 0.3) is 0 Å². The molecule has 8 heteroatoms. The number of amides is 1. The molecule has 3 rings (SSSR count). The zero-order valence-electron chi connectivity index (χ0n) is 14.0. The molecule has 2 saturated heterocycles. The molecule has 1 aromatic rings. The second kappa shape index (κ2) is 8.02. The van der Waals surface area contributed by atoms with Gasteiger partial charge in [-0.15, -0.1) is 0 Å². The normalized spacial score (nSPS) is 21.9. The number of anilines is 1. The SMILES string of the molecule is CSc1nccc(N2CCC(N(CC3CCNC3)C(=O)O)CC2)n1. The van der Waals surface area contributed by atoms with E-state index in [2.05, 4.69) is 20.2 Å². The number of rotatable bonds is 5. The second-order valence-corrected chi connectivity index (χ2v) is 7.19. The van der Waals surface area contributed by atoms with Crippen LogP contribution in [0.25, 0.3) is 0 Å². The first kappa shape index (κ1) is 17.3. The first-order valence-electron chi connectivity index (χ1n) is 8.49. The third-order valence-electron chi connectivity index (χ3n) is 4.89. The Balaban J connectivity index is 1.58. The highest BCUT2D eigenvalue weighted by molar-refractivity contribution is 7.98. The van der Waals surface area contributed by atoms with E-state index in [1.54, 1.807) is 11.1 Å². The van der Waals surface area contributed by atoms with E-state index in [1.165, 1.54) is 11.8 Å². The number of nitrogens with zero attached hydrogens (tertiary/aromatic N) is 4. The predicted octanol–water partition coefficient (Wildman–Crippen LogP) is 1.76. The Hall–Kier alpha value is -1.54. The highest BCUT2D eigenvalue weighted by atomic mass is 32.2. The fourth-order valence-corrected chi connectivity index (χ4v) is 3.90. The molecule has 0 spiro atoms. The highest BCUT2D eigenvalue weighted by Crippen LogP contribution is 2.24. The van der Waals surface area contributed by atoms with Gasteiger partial charge >= 0.3 is 6.09 Å². The van der Waals surface area contributed by atoms with Gasteiger partial charge in [-0.05, 0) is 50.6 Å². The van der Waals surface area contributed by atoms with Crippen molar-refractivity contribution in [3.63, 3.8) is 0 Å². The summed E-state index contributed by atoms with van der Waals surface area (Å²) in [6.45, 7) is 4.25. The van der Waals surface area contributed by atoms with E-state index in [0.29, 0.717) is 12.5 Å². The lowest BCUT2D eigenvalue weighted by molar-refractivity contribution is 0.107. The summed E-state index contributed by atoms with van der Waals surface area (Å²) in [5.41, 5.74) is 0. The van der Waals surface area contributed by atoms with Gasteiger partial charge in [0.05, 0.1) is 0 Å². The largest absolute Gasteiger partial charge is 0.465 e. The third-order valence-corrected chi connectivity index (χ3v) is 5.46. The molecule has 1 unspecified atom stereocenters. The average molecular weight is 351 g/mol. The number of thioether (sulfide) groups is 1. The van der Waals surface area contributed by atoms with E-state index >= 15 is 0 Å². The van der Waals surface area contributed by atoms with Crippen molar-refractivity contribution in [1.82, 2.24) is 20.2 Å². The molecule has 1 amide bonds. The molecule has 2 aliphatic heterocycles. The lowest BCUT2D eigenvalue weighted by atomic mass is 10.0. The molecule has 0 aliphatic carbocycles. The van der Waals surface area contributed by atoms with Gasteiger partial charge in [0.15, 0.2) is 5.16 Å². The predicted molar refractivity (Wildman–Crippen MR) is 94.8 cm³/mol. The molecule has 2 fully saturated rings. The number of piperidine rings is 1. The van der Waals surface area contributed by atoms with Crippen molar-refractivity contribution in [2.75, 3.05) is 43.9 Å². The van der Waals surface area contributed by atoms with Gasteiger partial charge < -0.3 is 20.2 Å². The molecular formula is C16H25N5O2S. The maximum atomic E-state index is 11.7. The van der Waals surface area contributed by atoms with Crippen LogP contribution in [-0.4, -0.2) is 71.1 Å². The zero-order valence-corrected chi connectivity index (χ0v) is 14.8. The molecule has 24 heavy (non-hydrogen) atoms. The quantitative estimate of drug-likeness (QED) is 0.618. The summed E-state index contributed by atoms with van der Waals surface area (Å²) in [4.78, 5) is 24.3. The second-order valence-electron chi connectivity index (χ2n) is 6.41. The number of nitrogens with one attached hydrogen (secondary N) is 1. The summed E-state index contributed by atoms with van der Waals surface area (Å²) in [5, 5.41) is 13.7. The van der Waals surface area contributed by atoms with Crippen LogP contribution in [0, 0.1) is 5.92 Å². The van der Waals surface area contributed by atoms with Crippen LogP contribution < -0.4 is 10.2 Å². The van der Waals surface area contributed by atoms with E-state index in [9.17, 15) is 9.90 Å². The molecule has 3 heterocycles. The molecule has 2 aliphatic rings. The fraction of sp³-hybridized carbons (Fsp3) is 0.688. The van der Waals surface area contributed by atoms with Crippen molar-refractivity contribution in [1.29, 1.82) is 0 Å². The van der Waals surface area contributed by atoms with Crippen LogP contribution in [0.15, 0.2) is 17.4 Å². The van der Waals surface area contributed by atoms with E-state index < -0.39 is 6.09 Å². The van der Waals surface area contributed by atoms with E-state index in [0.717, 1.165) is 56.4 Å². The van der Waals surface area contributed by atoms with Crippen LogP contribution in [0.2, 0.25) is 0 Å². The molecule has 0 bridgehead atoms. The Bertz CT molecular complexity index is 559. The zero-order chi connectivity index (χ0) is 16.9. The Morgan fingerprint density at radius 2 is 2.25 bits per heavy atom. The van der Waals surface area contributed by atoms with Gasteiger partial charge in [-0.25, -0.2) is 14.8 Å². The summed E-state index contributed by atoms with van der Waals surface area (Å²) in [7, 11) is 0. The van der Waals surface area contributed by atoms with Crippen molar-refractivity contribution < 1.29 is 9.90 Å². The van der Waals surface area contributed by atoms with Crippen LogP contribution in [0.4, 0.5) is 10.6 Å². The van der Waals surface area contributed by atoms with Crippen LogP contribution in [0.1, 0.15) is 19.3 Å². The summed E-state index contributed by atoms with van der Waals surface area (Å²) in [6, 6.07) is 2.04. The van der Waals surface area contributed by atoms with Gasteiger partial charge in [-0.2, -0.15) is 0 Å². The maximum Gasteiger partial charge on any atom is 0.407 e. The smallest absolute Gasteiger partial charge is 0.407 e. The van der Waals surface area contributed by atoms with Gasteiger partial charge in [0, 0.05) is 31.9 Å². The topological polar surface area (TPSA) is 81.6 Å². The Morgan fingerprint density at radius 3 is 2.88 bits per heavy atom. The Kier molecular flexibility index (Phi) is 5.78. The van der Waals surface area contributed by atoms with E-state index in [4.69, 9.17) is 0 Å². The minimum atomic E-state index is -0.785. The first-order chi connectivity index (χ1) is 11.7. The lowest BCUT2D eigenvalue weighted by Gasteiger charge is -2.38. The molecule has 1 atom stereocenters. The number of aromatic nitrogens is 2. The van der Waals surface area contributed by atoms with E-state index in [1.807, 2.05) is 12.3 Å². The Labute approximate surface area is 146 Å². The molecular weight excluding hydrogens is 326 g/mol. The number of hydrogen-bond donors (Lipinski definition) is 2. The highest BCUT2D eigenvalue weighted by Gasteiger charge is 2.30. The summed E-state index contributed by atoms with van der Waals surface area (Å²) < 4.78 is 0. The number of carboxylic acid groups (broad SMARTS) is 1. The Morgan fingerprint density at radius 1 is 1.46 bits per heavy atom. The molecule has 7 nitrogen and oxygen atoms in total. The monoisotopic (exact) mass is 351 g/mol. The average Bonchev–Trinajstić information content (AvgIpc) is 3.13. The molecule has 132 valence electrons. The maximum absolute atomic E-state index is 11.7. The van der Waals surface area contributed by atoms with Crippen LogP contribution in [0.3, 0.4) is 0 Å². The van der Waals surface area contributed by atoms with Crippen LogP contribution in [-0.2, 0) is 0 Å². The van der Waals surface area contributed by atoms with Crippen LogP contribution in [0.5, 0.6) is 0 Å². The van der Waals surface area contributed by atoms with Crippen molar-refractivity contribution in [2.24, 2.45) is 5.92 Å². The van der Waals surface area contributed by atoms with Crippen LogP contribution >= 0.6 is 11.8 Å². The minimum absolute atomic E-state index is 0.112. The van der Waals surface area contributed by atoms with Crippen molar-refractivity contribution in [2.45, 2.75) is 30.5 Å². The fourth-order valence-electron chi connectivity index (χ4n) is 3.54.